The van der Waals surface area contributed by atoms with Gasteiger partial charge in [0.2, 0.25) is 0 Å². The van der Waals surface area contributed by atoms with Crippen molar-refractivity contribution in [3.05, 3.63) is 89.7 Å². The molecule has 0 radical (unpaired) electrons. The van der Waals surface area contributed by atoms with Gasteiger partial charge in [0.1, 0.15) is 0 Å². The first-order valence-corrected chi connectivity index (χ1v) is 9.23. The van der Waals surface area contributed by atoms with Crippen LogP contribution in [0.4, 0.5) is 11.4 Å². The van der Waals surface area contributed by atoms with E-state index in [0.29, 0.717) is 5.56 Å². The Labute approximate surface area is 160 Å². The minimum atomic E-state index is -0.124. The zero-order valence-corrected chi connectivity index (χ0v) is 16.0. The Balaban J connectivity index is 1.81. The van der Waals surface area contributed by atoms with E-state index < -0.39 is 0 Å². The molecule has 1 amide bonds. The lowest BCUT2D eigenvalue weighted by Gasteiger charge is -2.24. The van der Waals surface area contributed by atoms with Gasteiger partial charge in [0, 0.05) is 18.4 Å². The van der Waals surface area contributed by atoms with Crippen LogP contribution in [-0.4, -0.2) is 17.4 Å². The van der Waals surface area contributed by atoms with Gasteiger partial charge in [0.05, 0.1) is 23.5 Å². The first-order valence-electron chi connectivity index (χ1n) is 9.23. The van der Waals surface area contributed by atoms with E-state index in [1.54, 1.807) is 12.4 Å². The van der Waals surface area contributed by atoms with E-state index in [1.165, 1.54) is 5.56 Å². The molecule has 0 saturated heterocycles. The first-order chi connectivity index (χ1) is 13.1. The molecule has 0 spiro atoms. The Morgan fingerprint density at radius 1 is 1.04 bits per heavy atom. The number of hydrogen-bond acceptors (Lipinski definition) is 3. The summed E-state index contributed by atoms with van der Waals surface area (Å²) in [5.41, 5.74) is 4.83. The molecule has 1 unspecified atom stereocenters. The van der Waals surface area contributed by atoms with E-state index in [-0.39, 0.29) is 11.9 Å². The largest absolute Gasteiger partial charge is 0.345 e. The number of benzene rings is 2. The normalized spacial score (nSPS) is 11.7. The van der Waals surface area contributed by atoms with Gasteiger partial charge >= 0.3 is 0 Å². The molecular weight excluding hydrogens is 334 g/mol. The van der Waals surface area contributed by atoms with Crippen molar-refractivity contribution in [2.75, 3.05) is 11.4 Å². The number of nitrogens with zero attached hydrogens (tertiary/aromatic N) is 2. The molecule has 1 aromatic heterocycles. The Kier molecular flexibility index (Phi) is 5.87. The fourth-order valence-corrected chi connectivity index (χ4v) is 3.11. The number of pyridine rings is 1. The Hall–Kier alpha value is -3.14. The average Bonchev–Trinajstić information content (AvgIpc) is 2.69. The Morgan fingerprint density at radius 3 is 2.52 bits per heavy atom. The number of aryl methyl sites for hydroxylation is 1. The second-order valence-electron chi connectivity index (χ2n) is 6.62. The molecule has 27 heavy (non-hydrogen) atoms. The molecule has 4 nitrogen and oxygen atoms in total. The predicted octanol–water partition coefficient (Wildman–Crippen LogP) is 5.04. The van der Waals surface area contributed by atoms with Crippen LogP contribution in [0.3, 0.4) is 0 Å². The third kappa shape index (κ3) is 4.53. The molecule has 0 bridgehead atoms. The van der Waals surface area contributed by atoms with Gasteiger partial charge in [-0.1, -0.05) is 42.5 Å². The lowest BCUT2D eigenvalue weighted by molar-refractivity contribution is 0.0939. The van der Waals surface area contributed by atoms with Gasteiger partial charge in [0.15, 0.2) is 0 Å². The molecule has 0 aliphatic heterocycles. The van der Waals surface area contributed by atoms with E-state index in [2.05, 4.69) is 47.2 Å². The smallest absolute Gasteiger partial charge is 0.253 e. The average molecular weight is 359 g/mol. The molecule has 1 atom stereocenters. The zero-order chi connectivity index (χ0) is 19.2. The number of carbonyl (C=O) groups is 1. The topological polar surface area (TPSA) is 45.2 Å². The number of anilines is 2. The maximum atomic E-state index is 12.7. The summed E-state index contributed by atoms with van der Waals surface area (Å²) in [4.78, 5) is 19.2. The number of carbonyl (C=O) groups excluding carboxylic acids is 1. The monoisotopic (exact) mass is 359 g/mol. The summed E-state index contributed by atoms with van der Waals surface area (Å²) in [6.07, 6.45) is 3.41. The van der Waals surface area contributed by atoms with Crippen molar-refractivity contribution in [3.8, 4) is 0 Å². The molecular formula is C23H25N3O. The lowest BCUT2D eigenvalue weighted by atomic mass is 10.1. The first kappa shape index (κ1) is 18.6. The molecule has 1 N–H and O–H groups in total. The molecule has 138 valence electrons. The lowest BCUT2D eigenvalue weighted by Crippen LogP contribution is -2.27. The van der Waals surface area contributed by atoms with Gasteiger partial charge in [-0.25, -0.2) is 0 Å². The van der Waals surface area contributed by atoms with Crippen molar-refractivity contribution in [1.82, 2.24) is 10.3 Å². The molecule has 1 heterocycles. The van der Waals surface area contributed by atoms with Crippen molar-refractivity contribution in [2.45, 2.75) is 26.8 Å². The molecule has 4 heteroatoms. The zero-order valence-electron chi connectivity index (χ0n) is 16.0. The quantitative estimate of drug-likeness (QED) is 0.671. The van der Waals surface area contributed by atoms with Gasteiger partial charge in [-0.3, -0.25) is 9.78 Å². The number of hydrogen-bond donors (Lipinski definition) is 1. The van der Waals surface area contributed by atoms with E-state index in [1.807, 2.05) is 49.4 Å². The second-order valence-corrected chi connectivity index (χ2v) is 6.62. The van der Waals surface area contributed by atoms with Gasteiger partial charge in [-0.15, -0.1) is 0 Å². The van der Waals surface area contributed by atoms with E-state index >= 15 is 0 Å². The number of amides is 1. The number of aromatic nitrogens is 1. The van der Waals surface area contributed by atoms with Gasteiger partial charge in [-0.05, 0) is 50.1 Å². The third-order valence-corrected chi connectivity index (χ3v) is 4.57. The summed E-state index contributed by atoms with van der Waals surface area (Å²) >= 11 is 0. The molecule has 0 saturated carbocycles. The summed E-state index contributed by atoms with van der Waals surface area (Å²) < 4.78 is 0. The van der Waals surface area contributed by atoms with Gasteiger partial charge < -0.3 is 10.2 Å². The van der Waals surface area contributed by atoms with Crippen molar-refractivity contribution >= 4 is 17.3 Å². The second kappa shape index (κ2) is 8.49. The highest BCUT2D eigenvalue weighted by Gasteiger charge is 2.14. The Morgan fingerprint density at radius 2 is 1.81 bits per heavy atom. The SMILES string of the molecule is CCN(c1cccc(C)c1)c1cncc(C(=O)NC(C)c2ccccc2)c1. The van der Waals surface area contributed by atoms with Crippen LogP contribution in [0, 0.1) is 6.92 Å². The van der Waals surface area contributed by atoms with Crippen LogP contribution < -0.4 is 10.2 Å². The molecule has 2 aromatic carbocycles. The predicted molar refractivity (Wildman–Crippen MR) is 110 cm³/mol. The molecule has 0 aliphatic rings. The summed E-state index contributed by atoms with van der Waals surface area (Å²) in [5.74, 6) is -0.124. The molecule has 3 aromatic rings. The number of nitrogens with one attached hydrogen (secondary N) is 1. The Bertz CT molecular complexity index is 908. The minimum absolute atomic E-state index is 0.0681. The molecule has 0 fully saturated rings. The van der Waals surface area contributed by atoms with Crippen molar-refractivity contribution in [3.63, 3.8) is 0 Å². The summed E-state index contributed by atoms with van der Waals surface area (Å²) in [6, 6.07) is 20.1. The number of rotatable bonds is 6. The third-order valence-electron chi connectivity index (χ3n) is 4.57. The van der Waals surface area contributed by atoms with Crippen LogP contribution in [0.1, 0.15) is 41.4 Å². The fraction of sp³-hybridized carbons (Fsp3) is 0.217. The van der Waals surface area contributed by atoms with Crippen LogP contribution >= 0.6 is 0 Å². The molecule has 3 rings (SSSR count). The van der Waals surface area contributed by atoms with Crippen molar-refractivity contribution in [1.29, 1.82) is 0 Å². The summed E-state index contributed by atoms with van der Waals surface area (Å²) in [6.45, 7) is 6.93. The van der Waals surface area contributed by atoms with E-state index in [4.69, 9.17) is 0 Å². The van der Waals surface area contributed by atoms with Crippen LogP contribution in [0.15, 0.2) is 73.1 Å². The van der Waals surface area contributed by atoms with Crippen LogP contribution in [0.5, 0.6) is 0 Å². The maximum absolute atomic E-state index is 12.7. The van der Waals surface area contributed by atoms with Crippen LogP contribution in [0.2, 0.25) is 0 Å². The van der Waals surface area contributed by atoms with Crippen molar-refractivity contribution in [2.24, 2.45) is 0 Å². The highest BCUT2D eigenvalue weighted by Crippen LogP contribution is 2.26. The summed E-state index contributed by atoms with van der Waals surface area (Å²) in [5, 5.41) is 3.05. The highest BCUT2D eigenvalue weighted by atomic mass is 16.1. The fourth-order valence-electron chi connectivity index (χ4n) is 3.11. The van der Waals surface area contributed by atoms with Crippen LogP contribution in [-0.2, 0) is 0 Å². The summed E-state index contributed by atoms with van der Waals surface area (Å²) in [7, 11) is 0. The standard InChI is InChI=1S/C23H25N3O/c1-4-26(21-12-8-9-17(2)13-21)22-14-20(15-24-16-22)23(27)25-18(3)19-10-6-5-7-11-19/h5-16,18H,4H2,1-3H3,(H,25,27). The minimum Gasteiger partial charge on any atom is -0.345 e. The van der Waals surface area contributed by atoms with Crippen molar-refractivity contribution < 1.29 is 4.79 Å². The van der Waals surface area contributed by atoms with Crippen LogP contribution in [0.25, 0.3) is 0 Å². The van der Waals surface area contributed by atoms with E-state index in [0.717, 1.165) is 23.5 Å². The molecule has 0 aliphatic carbocycles. The highest BCUT2D eigenvalue weighted by molar-refractivity contribution is 5.95. The van der Waals surface area contributed by atoms with E-state index in [9.17, 15) is 4.79 Å². The van der Waals surface area contributed by atoms with Gasteiger partial charge in [-0.2, -0.15) is 0 Å². The maximum Gasteiger partial charge on any atom is 0.253 e. The van der Waals surface area contributed by atoms with Gasteiger partial charge in [0.25, 0.3) is 5.91 Å².